The standard InChI is InChI=1S/C16H15FN4O2S/c1-2-11-6-8-14(9-7-11)24(22,23)16-15(18)21(20-19-16)13-5-3-4-12(17)10-13/h3-10H,2,18H2,1H3. The smallest absolute Gasteiger partial charge is 0.229 e. The van der Waals surface area contributed by atoms with Gasteiger partial charge >= 0.3 is 0 Å². The number of sulfone groups is 1. The van der Waals surface area contributed by atoms with Crippen LogP contribution in [0, 0.1) is 5.82 Å². The molecule has 8 heteroatoms. The lowest BCUT2D eigenvalue weighted by Gasteiger charge is -2.05. The molecule has 24 heavy (non-hydrogen) atoms. The van der Waals surface area contributed by atoms with Crippen LogP contribution in [-0.2, 0) is 16.3 Å². The van der Waals surface area contributed by atoms with Gasteiger partial charge in [-0.3, -0.25) is 0 Å². The van der Waals surface area contributed by atoms with Gasteiger partial charge in [-0.25, -0.2) is 12.8 Å². The highest BCUT2D eigenvalue weighted by Gasteiger charge is 2.26. The molecule has 0 aliphatic carbocycles. The van der Waals surface area contributed by atoms with Crippen molar-refractivity contribution in [3.8, 4) is 5.69 Å². The van der Waals surface area contributed by atoms with Gasteiger partial charge < -0.3 is 5.73 Å². The highest BCUT2D eigenvalue weighted by molar-refractivity contribution is 7.91. The zero-order valence-electron chi connectivity index (χ0n) is 12.8. The minimum Gasteiger partial charge on any atom is -0.381 e. The molecule has 1 heterocycles. The summed E-state index contributed by atoms with van der Waals surface area (Å²) in [5.74, 6) is -0.651. The highest BCUT2D eigenvalue weighted by Crippen LogP contribution is 2.25. The Labute approximate surface area is 138 Å². The molecule has 1 aromatic heterocycles. The lowest BCUT2D eigenvalue weighted by atomic mass is 10.2. The zero-order chi connectivity index (χ0) is 17.3. The molecule has 0 saturated heterocycles. The molecule has 0 spiro atoms. The Morgan fingerprint density at radius 2 is 1.88 bits per heavy atom. The fourth-order valence-corrected chi connectivity index (χ4v) is 3.50. The lowest BCUT2D eigenvalue weighted by Crippen LogP contribution is -2.08. The van der Waals surface area contributed by atoms with Gasteiger partial charge in [0, 0.05) is 0 Å². The molecule has 3 rings (SSSR count). The SMILES string of the molecule is CCc1ccc(S(=O)(=O)c2nnn(-c3cccc(F)c3)c2N)cc1. The summed E-state index contributed by atoms with van der Waals surface area (Å²) in [6.45, 7) is 1.98. The number of hydrogen-bond donors (Lipinski definition) is 1. The number of aryl methyl sites for hydroxylation is 1. The van der Waals surface area contributed by atoms with Crippen molar-refractivity contribution in [1.29, 1.82) is 0 Å². The maximum Gasteiger partial charge on any atom is 0.229 e. The van der Waals surface area contributed by atoms with Crippen LogP contribution in [-0.4, -0.2) is 23.4 Å². The Hall–Kier alpha value is -2.74. The normalized spacial score (nSPS) is 11.6. The Morgan fingerprint density at radius 3 is 2.50 bits per heavy atom. The predicted molar refractivity (Wildman–Crippen MR) is 87.0 cm³/mol. The summed E-state index contributed by atoms with van der Waals surface area (Å²) in [5.41, 5.74) is 7.21. The van der Waals surface area contributed by atoms with E-state index in [2.05, 4.69) is 10.3 Å². The van der Waals surface area contributed by atoms with E-state index in [1.54, 1.807) is 18.2 Å². The molecule has 0 amide bonds. The summed E-state index contributed by atoms with van der Waals surface area (Å²) in [5, 5.41) is 7.09. The highest BCUT2D eigenvalue weighted by atomic mass is 32.2. The molecule has 2 aromatic carbocycles. The molecular weight excluding hydrogens is 331 g/mol. The van der Waals surface area contributed by atoms with Crippen molar-refractivity contribution in [3.05, 3.63) is 59.9 Å². The average molecular weight is 346 g/mol. The van der Waals surface area contributed by atoms with Gasteiger partial charge in [0.25, 0.3) is 0 Å². The Balaban J connectivity index is 2.06. The zero-order valence-corrected chi connectivity index (χ0v) is 13.7. The molecule has 6 nitrogen and oxygen atoms in total. The van der Waals surface area contributed by atoms with E-state index in [0.717, 1.165) is 16.7 Å². The first-order chi connectivity index (χ1) is 11.4. The summed E-state index contributed by atoms with van der Waals surface area (Å²) in [4.78, 5) is 0.0812. The number of hydrogen-bond acceptors (Lipinski definition) is 5. The maximum absolute atomic E-state index is 13.3. The second-order valence-electron chi connectivity index (χ2n) is 5.17. The molecule has 0 fully saturated rings. The van der Waals surface area contributed by atoms with Crippen LogP contribution in [0.1, 0.15) is 12.5 Å². The number of rotatable bonds is 4. The van der Waals surface area contributed by atoms with Gasteiger partial charge in [-0.2, -0.15) is 4.68 Å². The summed E-state index contributed by atoms with van der Waals surface area (Å²) in [6.07, 6.45) is 0.804. The first-order valence-corrected chi connectivity index (χ1v) is 8.73. The van der Waals surface area contributed by atoms with Crippen LogP contribution >= 0.6 is 0 Å². The van der Waals surface area contributed by atoms with E-state index >= 15 is 0 Å². The minimum atomic E-state index is -3.91. The van der Waals surface area contributed by atoms with E-state index in [9.17, 15) is 12.8 Å². The molecule has 0 radical (unpaired) electrons. The number of halogens is 1. The number of aromatic nitrogens is 3. The Kier molecular flexibility index (Phi) is 4.06. The summed E-state index contributed by atoms with van der Waals surface area (Å²) in [7, 11) is -3.91. The predicted octanol–water partition coefficient (Wildman–Crippen LogP) is 2.38. The quantitative estimate of drug-likeness (QED) is 0.783. The van der Waals surface area contributed by atoms with Gasteiger partial charge in [-0.05, 0) is 42.3 Å². The van der Waals surface area contributed by atoms with Gasteiger partial charge in [-0.15, -0.1) is 5.10 Å². The van der Waals surface area contributed by atoms with Gasteiger partial charge in [0.15, 0.2) is 5.82 Å². The van der Waals surface area contributed by atoms with Crippen LogP contribution in [0.2, 0.25) is 0 Å². The van der Waals surface area contributed by atoms with Crippen LogP contribution in [0.3, 0.4) is 0 Å². The first-order valence-electron chi connectivity index (χ1n) is 7.24. The van der Waals surface area contributed by atoms with Crippen LogP contribution in [0.4, 0.5) is 10.2 Å². The van der Waals surface area contributed by atoms with E-state index < -0.39 is 15.7 Å². The van der Waals surface area contributed by atoms with Gasteiger partial charge in [0.05, 0.1) is 10.6 Å². The molecular formula is C16H15FN4O2S. The molecule has 0 bridgehead atoms. The van der Waals surface area contributed by atoms with Crippen LogP contribution in [0.5, 0.6) is 0 Å². The largest absolute Gasteiger partial charge is 0.381 e. The average Bonchev–Trinajstić information content (AvgIpc) is 2.97. The van der Waals surface area contributed by atoms with Crippen molar-refractivity contribution in [2.75, 3.05) is 5.73 Å². The summed E-state index contributed by atoms with van der Waals surface area (Å²) in [6, 6.07) is 12.0. The molecule has 0 unspecified atom stereocenters. The van der Waals surface area contributed by atoms with Gasteiger partial charge in [0.1, 0.15) is 5.82 Å². The Bertz CT molecular complexity index is 982. The topological polar surface area (TPSA) is 90.9 Å². The van der Waals surface area contributed by atoms with Crippen molar-refractivity contribution in [3.63, 3.8) is 0 Å². The molecule has 124 valence electrons. The number of nitrogens with two attached hydrogens (primary N) is 1. The van der Waals surface area contributed by atoms with Crippen LogP contribution in [0.25, 0.3) is 5.69 Å². The number of nitrogen functional groups attached to an aromatic ring is 1. The maximum atomic E-state index is 13.3. The second kappa shape index (κ2) is 6.04. The van der Waals surface area contributed by atoms with Gasteiger partial charge in [-0.1, -0.05) is 30.3 Å². The van der Waals surface area contributed by atoms with E-state index in [4.69, 9.17) is 5.73 Å². The first kappa shape index (κ1) is 16.1. The van der Waals surface area contributed by atoms with Crippen LogP contribution < -0.4 is 5.73 Å². The Morgan fingerprint density at radius 1 is 1.17 bits per heavy atom. The third-order valence-electron chi connectivity index (χ3n) is 3.62. The monoisotopic (exact) mass is 346 g/mol. The van der Waals surface area contributed by atoms with Crippen molar-refractivity contribution in [1.82, 2.24) is 15.0 Å². The fraction of sp³-hybridized carbons (Fsp3) is 0.125. The second-order valence-corrected chi connectivity index (χ2v) is 7.04. The minimum absolute atomic E-state index is 0.0812. The van der Waals surface area contributed by atoms with Crippen LogP contribution in [0.15, 0.2) is 58.5 Å². The van der Waals surface area contributed by atoms with E-state index in [0.29, 0.717) is 5.69 Å². The van der Waals surface area contributed by atoms with Crippen molar-refractivity contribution >= 4 is 15.7 Å². The van der Waals surface area contributed by atoms with E-state index in [-0.39, 0.29) is 15.7 Å². The summed E-state index contributed by atoms with van der Waals surface area (Å²) >= 11 is 0. The number of anilines is 1. The third kappa shape index (κ3) is 2.76. The number of benzene rings is 2. The van der Waals surface area contributed by atoms with Crippen molar-refractivity contribution in [2.24, 2.45) is 0 Å². The summed E-state index contributed by atoms with van der Waals surface area (Å²) < 4.78 is 39.8. The lowest BCUT2D eigenvalue weighted by molar-refractivity contribution is 0.592. The molecule has 2 N–H and O–H groups in total. The van der Waals surface area contributed by atoms with Crippen molar-refractivity contribution < 1.29 is 12.8 Å². The van der Waals surface area contributed by atoms with Crippen molar-refractivity contribution in [2.45, 2.75) is 23.3 Å². The fourth-order valence-electron chi connectivity index (χ4n) is 2.28. The third-order valence-corrected chi connectivity index (χ3v) is 5.31. The molecule has 0 aliphatic heterocycles. The number of nitrogens with zero attached hydrogens (tertiary/aromatic N) is 3. The molecule has 0 saturated carbocycles. The molecule has 0 atom stereocenters. The van der Waals surface area contributed by atoms with E-state index in [1.807, 2.05) is 6.92 Å². The van der Waals surface area contributed by atoms with Gasteiger partial charge in [0.2, 0.25) is 14.9 Å². The molecule has 3 aromatic rings. The van der Waals surface area contributed by atoms with E-state index in [1.165, 1.54) is 30.3 Å². The molecule has 0 aliphatic rings.